The molecule has 0 aliphatic heterocycles. The minimum Gasteiger partial charge on any atom is -0.388 e. The van der Waals surface area contributed by atoms with Gasteiger partial charge >= 0.3 is 0 Å². The maximum atomic E-state index is 10.3. The summed E-state index contributed by atoms with van der Waals surface area (Å²) in [7, 11) is 0. The third-order valence-corrected chi connectivity index (χ3v) is 3.70. The van der Waals surface area contributed by atoms with E-state index in [4.69, 9.17) is 0 Å². The largest absolute Gasteiger partial charge is 0.388 e. The summed E-state index contributed by atoms with van der Waals surface area (Å²) in [6.07, 6.45) is 0.216. The summed E-state index contributed by atoms with van der Waals surface area (Å²) in [5.74, 6) is 0. The van der Waals surface area contributed by atoms with Gasteiger partial charge in [-0.1, -0.05) is 51.8 Å². The summed E-state index contributed by atoms with van der Waals surface area (Å²) in [4.78, 5) is 0. The Kier molecular flexibility index (Phi) is 4.20. The van der Waals surface area contributed by atoms with Gasteiger partial charge in [-0.3, -0.25) is 0 Å². The van der Waals surface area contributed by atoms with E-state index < -0.39 is 6.10 Å². The highest BCUT2D eigenvalue weighted by molar-refractivity contribution is 9.10. The minimum atomic E-state index is -0.446. The van der Waals surface area contributed by atoms with Gasteiger partial charge in [0.05, 0.1) is 6.10 Å². The van der Waals surface area contributed by atoms with Crippen LogP contribution in [0.15, 0.2) is 46.9 Å². The van der Waals surface area contributed by atoms with Crippen LogP contribution in [-0.2, 0) is 6.42 Å². The molecule has 0 amide bonds. The Balaban J connectivity index is 2.18. The average molecular weight is 305 g/mol. The number of benzene rings is 2. The van der Waals surface area contributed by atoms with E-state index in [1.807, 2.05) is 24.3 Å². The molecule has 0 radical (unpaired) electrons. The van der Waals surface area contributed by atoms with E-state index in [2.05, 4.69) is 48.0 Å². The van der Waals surface area contributed by atoms with Crippen LogP contribution in [0.25, 0.3) is 0 Å². The third-order valence-electron chi connectivity index (χ3n) is 3.17. The number of hydrogen-bond acceptors (Lipinski definition) is 1. The zero-order valence-corrected chi connectivity index (χ0v) is 12.2. The Hall–Kier alpha value is -1.12. The van der Waals surface area contributed by atoms with Crippen molar-refractivity contribution in [2.45, 2.75) is 26.4 Å². The van der Waals surface area contributed by atoms with E-state index in [1.54, 1.807) is 0 Å². The molecule has 1 atom stereocenters. The van der Waals surface area contributed by atoms with Crippen LogP contribution < -0.4 is 0 Å². The van der Waals surface area contributed by atoms with Crippen LogP contribution in [0.3, 0.4) is 0 Å². The normalized spacial score (nSPS) is 12.4. The zero-order chi connectivity index (χ0) is 13.1. The molecule has 0 bridgehead atoms. The highest BCUT2D eigenvalue weighted by Crippen LogP contribution is 2.22. The smallest absolute Gasteiger partial charge is 0.0830 e. The van der Waals surface area contributed by atoms with Crippen molar-refractivity contribution in [1.82, 2.24) is 0 Å². The second-order valence-corrected chi connectivity index (χ2v) is 5.62. The fourth-order valence-electron chi connectivity index (χ4n) is 2.03. The number of hydrogen-bond donors (Lipinski definition) is 1. The maximum absolute atomic E-state index is 10.3. The predicted molar refractivity (Wildman–Crippen MR) is 78.7 cm³/mol. The van der Waals surface area contributed by atoms with E-state index in [1.165, 1.54) is 16.7 Å². The molecule has 2 aromatic carbocycles. The van der Waals surface area contributed by atoms with Crippen molar-refractivity contribution in [2.75, 3.05) is 0 Å². The van der Waals surface area contributed by atoms with Gasteiger partial charge in [0.25, 0.3) is 0 Å². The van der Waals surface area contributed by atoms with Crippen LogP contribution >= 0.6 is 15.9 Å². The van der Waals surface area contributed by atoms with Crippen molar-refractivity contribution >= 4 is 15.9 Å². The quantitative estimate of drug-likeness (QED) is 0.894. The number of halogens is 1. The van der Waals surface area contributed by atoms with Crippen molar-refractivity contribution in [3.05, 3.63) is 69.2 Å². The molecule has 0 aliphatic rings. The van der Waals surface area contributed by atoms with Gasteiger partial charge in [0, 0.05) is 10.9 Å². The molecule has 0 spiro atoms. The van der Waals surface area contributed by atoms with Crippen molar-refractivity contribution in [1.29, 1.82) is 0 Å². The standard InChI is InChI=1S/C16H17BrO/c1-11-3-4-12(2)14(9-11)10-16(18)13-5-7-15(17)8-6-13/h3-9,16,18H,10H2,1-2H3. The van der Waals surface area contributed by atoms with Crippen LogP contribution in [-0.4, -0.2) is 5.11 Å². The van der Waals surface area contributed by atoms with Gasteiger partial charge < -0.3 is 5.11 Å². The first-order chi connectivity index (χ1) is 8.56. The van der Waals surface area contributed by atoms with Crippen LogP contribution in [0.4, 0.5) is 0 Å². The van der Waals surface area contributed by atoms with E-state index in [0.717, 1.165) is 10.0 Å². The summed E-state index contributed by atoms with van der Waals surface area (Å²) in [5, 5.41) is 10.3. The number of aliphatic hydroxyl groups is 1. The lowest BCUT2D eigenvalue weighted by molar-refractivity contribution is 0.178. The molecule has 1 N–H and O–H groups in total. The highest BCUT2D eigenvalue weighted by atomic mass is 79.9. The van der Waals surface area contributed by atoms with E-state index in [-0.39, 0.29) is 0 Å². The summed E-state index contributed by atoms with van der Waals surface area (Å²) in [6, 6.07) is 14.2. The Morgan fingerprint density at radius 3 is 2.39 bits per heavy atom. The molecule has 0 saturated heterocycles. The number of aryl methyl sites for hydroxylation is 2. The van der Waals surface area contributed by atoms with Crippen LogP contribution in [0.1, 0.15) is 28.4 Å². The molecule has 0 aromatic heterocycles. The lowest BCUT2D eigenvalue weighted by Crippen LogP contribution is -2.03. The molecule has 2 heteroatoms. The average Bonchev–Trinajstić information content (AvgIpc) is 2.34. The summed E-state index contributed by atoms with van der Waals surface area (Å²) in [5.41, 5.74) is 4.64. The van der Waals surface area contributed by atoms with E-state index >= 15 is 0 Å². The van der Waals surface area contributed by atoms with Gasteiger partial charge in [-0.05, 0) is 42.7 Å². The van der Waals surface area contributed by atoms with E-state index in [9.17, 15) is 5.11 Å². The molecule has 2 aromatic rings. The minimum absolute atomic E-state index is 0.446. The van der Waals surface area contributed by atoms with Gasteiger partial charge in [-0.15, -0.1) is 0 Å². The van der Waals surface area contributed by atoms with Crippen molar-refractivity contribution < 1.29 is 5.11 Å². The Labute approximate surface area is 117 Å². The summed E-state index contributed by atoms with van der Waals surface area (Å²) >= 11 is 3.40. The topological polar surface area (TPSA) is 20.2 Å². The molecular weight excluding hydrogens is 288 g/mol. The van der Waals surface area contributed by atoms with Gasteiger partial charge in [-0.25, -0.2) is 0 Å². The first-order valence-corrected chi connectivity index (χ1v) is 6.85. The molecule has 1 unspecified atom stereocenters. The molecular formula is C16H17BrO. The van der Waals surface area contributed by atoms with Crippen LogP contribution in [0.2, 0.25) is 0 Å². The second-order valence-electron chi connectivity index (χ2n) is 4.70. The molecule has 2 rings (SSSR count). The van der Waals surface area contributed by atoms with Gasteiger partial charge in [0.2, 0.25) is 0 Å². The number of aliphatic hydroxyl groups excluding tert-OH is 1. The van der Waals surface area contributed by atoms with Crippen molar-refractivity contribution in [3.8, 4) is 0 Å². The Morgan fingerprint density at radius 2 is 1.72 bits per heavy atom. The molecule has 94 valence electrons. The molecule has 1 nitrogen and oxygen atoms in total. The first kappa shape index (κ1) is 13.3. The van der Waals surface area contributed by atoms with Gasteiger partial charge in [0.15, 0.2) is 0 Å². The summed E-state index contributed by atoms with van der Waals surface area (Å²) < 4.78 is 1.03. The molecule has 0 saturated carbocycles. The molecule has 0 heterocycles. The van der Waals surface area contributed by atoms with E-state index in [0.29, 0.717) is 6.42 Å². The van der Waals surface area contributed by atoms with Crippen LogP contribution in [0, 0.1) is 13.8 Å². The van der Waals surface area contributed by atoms with Gasteiger partial charge in [0.1, 0.15) is 0 Å². The SMILES string of the molecule is Cc1ccc(C)c(CC(O)c2ccc(Br)cc2)c1. The fourth-order valence-corrected chi connectivity index (χ4v) is 2.30. The lowest BCUT2D eigenvalue weighted by atomic mass is 9.97. The van der Waals surface area contributed by atoms with Crippen molar-refractivity contribution in [2.24, 2.45) is 0 Å². The lowest BCUT2D eigenvalue weighted by Gasteiger charge is -2.13. The maximum Gasteiger partial charge on any atom is 0.0830 e. The van der Waals surface area contributed by atoms with Gasteiger partial charge in [-0.2, -0.15) is 0 Å². The fraction of sp³-hybridized carbons (Fsp3) is 0.250. The Bertz CT molecular complexity index is 531. The number of rotatable bonds is 3. The monoisotopic (exact) mass is 304 g/mol. The Morgan fingerprint density at radius 1 is 1.06 bits per heavy atom. The van der Waals surface area contributed by atoms with Crippen molar-refractivity contribution in [3.63, 3.8) is 0 Å². The first-order valence-electron chi connectivity index (χ1n) is 6.06. The zero-order valence-electron chi connectivity index (χ0n) is 10.7. The second kappa shape index (κ2) is 5.68. The third kappa shape index (κ3) is 3.21. The molecule has 18 heavy (non-hydrogen) atoms. The molecule has 0 aliphatic carbocycles. The predicted octanol–water partition coefficient (Wildman–Crippen LogP) is 4.34. The molecule has 0 fully saturated rings. The van der Waals surface area contributed by atoms with Crippen LogP contribution in [0.5, 0.6) is 0 Å². The summed E-state index contributed by atoms with van der Waals surface area (Å²) in [6.45, 7) is 4.16. The highest BCUT2D eigenvalue weighted by Gasteiger charge is 2.10.